The molecule has 0 aromatic heterocycles. The summed E-state index contributed by atoms with van der Waals surface area (Å²) in [5, 5.41) is 21.1. The quantitative estimate of drug-likeness (QED) is 0.335. The number of hydrogen-bond donors (Lipinski definition) is 2. The standard InChI is InChI=1S/C26H36O7.2C2H2/c1-14-23(4)9-7-15-11-16(27)8-10-24(15,5)19(23)17(33-30)12-25(14,6)26(20(28)21(26)29)18-13-31-22(2,3)32-18;2*1-2/h8,10-11,14,17-20,28,30H,7,9,12-13H2,1-6H3;2*1-2H/t14?,17-,18+,19?,20?,23-,24-,25-,26-;;/m0../s1. The lowest BCUT2D eigenvalue weighted by atomic mass is 9.39. The summed E-state index contributed by atoms with van der Waals surface area (Å²) in [7, 11) is 0. The van der Waals surface area contributed by atoms with Gasteiger partial charge in [-0.05, 0) is 62.0 Å². The van der Waals surface area contributed by atoms with Gasteiger partial charge < -0.3 is 14.6 Å². The molecule has 1 saturated heterocycles. The van der Waals surface area contributed by atoms with E-state index < -0.39 is 40.3 Å². The molecule has 7 nitrogen and oxygen atoms in total. The molecule has 0 spiro atoms. The molecule has 0 bridgehead atoms. The van der Waals surface area contributed by atoms with Gasteiger partial charge in [-0.1, -0.05) is 39.3 Å². The van der Waals surface area contributed by atoms with Crippen molar-refractivity contribution in [3.63, 3.8) is 0 Å². The van der Waals surface area contributed by atoms with Crippen molar-refractivity contribution in [3.05, 3.63) is 23.8 Å². The lowest BCUT2D eigenvalue weighted by molar-refractivity contribution is -0.337. The van der Waals surface area contributed by atoms with Crippen molar-refractivity contribution in [3.8, 4) is 25.7 Å². The van der Waals surface area contributed by atoms with Crippen LogP contribution in [0, 0.1) is 59.2 Å². The molecular formula is C30H40O7. The molecule has 7 heteroatoms. The number of aliphatic hydroxyl groups is 1. The van der Waals surface area contributed by atoms with Gasteiger partial charge in [-0.2, -0.15) is 0 Å². The van der Waals surface area contributed by atoms with Crippen LogP contribution in [0.5, 0.6) is 0 Å². The zero-order valence-electron chi connectivity index (χ0n) is 22.7. The average molecular weight is 513 g/mol. The summed E-state index contributed by atoms with van der Waals surface area (Å²) in [6.07, 6.45) is 21.0. The number of rotatable bonds is 3. The monoisotopic (exact) mass is 512 g/mol. The first-order valence-electron chi connectivity index (χ1n) is 12.7. The lowest BCUT2D eigenvalue weighted by Gasteiger charge is -2.65. The summed E-state index contributed by atoms with van der Waals surface area (Å²) < 4.78 is 12.0. The highest BCUT2D eigenvalue weighted by Crippen LogP contribution is 2.74. The molecular weight excluding hydrogens is 472 g/mol. The van der Waals surface area contributed by atoms with Crippen molar-refractivity contribution in [1.82, 2.24) is 0 Å². The van der Waals surface area contributed by atoms with Crippen molar-refractivity contribution in [2.24, 2.45) is 33.5 Å². The Bertz CT molecular complexity index is 1050. The van der Waals surface area contributed by atoms with Crippen molar-refractivity contribution in [2.75, 3.05) is 6.61 Å². The lowest BCUT2D eigenvalue weighted by Crippen LogP contribution is -2.64. The van der Waals surface area contributed by atoms with Gasteiger partial charge in [0, 0.05) is 11.3 Å². The molecule has 9 atom stereocenters. The molecule has 1 aliphatic heterocycles. The molecule has 5 rings (SSSR count). The molecule has 4 aliphatic carbocycles. The van der Waals surface area contributed by atoms with Gasteiger partial charge in [0.05, 0.1) is 18.1 Å². The molecule has 1 heterocycles. The van der Waals surface area contributed by atoms with Crippen LogP contribution in [0.15, 0.2) is 23.8 Å². The molecule has 3 saturated carbocycles. The summed E-state index contributed by atoms with van der Waals surface area (Å²) in [4.78, 5) is 30.5. The Morgan fingerprint density at radius 1 is 1.08 bits per heavy atom. The zero-order valence-corrected chi connectivity index (χ0v) is 22.7. The van der Waals surface area contributed by atoms with E-state index in [2.05, 4.69) is 46.5 Å². The number of hydrogen-bond acceptors (Lipinski definition) is 7. The van der Waals surface area contributed by atoms with Crippen molar-refractivity contribution in [1.29, 1.82) is 0 Å². The number of carbonyl (C=O) groups is 2. The molecule has 0 aromatic carbocycles. The third-order valence-corrected chi connectivity index (χ3v) is 10.4. The fourth-order valence-electron chi connectivity index (χ4n) is 8.50. The fraction of sp³-hybridized carbons (Fsp3) is 0.667. The molecule has 0 aromatic rings. The van der Waals surface area contributed by atoms with Gasteiger partial charge in [0.25, 0.3) is 0 Å². The Kier molecular flexibility index (Phi) is 7.51. The summed E-state index contributed by atoms with van der Waals surface area (Å²) in [5.41, 5.74) is -1.48. The number of ketones is 2. The van der Waals surface area contributed by atoms with Crippen LogP contribution in [0.2, 0.25) is 0 Å². The van der Waals surface area contributed by atoms with Crippen molar-refractivity contribution in [2.45, 2.75) is 84.9 Å². The molecule has 202 valence electrons. The first-order valence-corrected chi connectivity index (χ1v) is 12.7. The number of aliphatic hydroxyl groups excluding tert-OH is 1. The second kappa shape index (κ2) is 9.49. The minimum absolute atomic E-state index is 0.000727. The highest BCUT2D eigenvalue weighted by atomic mass is 17.1. The Balaban J connectivity index is 0.000000907. The number of Topliss-reactive ketones (excluding diaryl/α,β-unsaturated/α-hetero) is 1. The smallest absolute Gasteiger partial charge is 0.178 e. The van der Waals surface area contributed by atoms with E-state index in [9.17, 15) is 20.0 Å². The van der Waals surface area contributed by atoms with E-state index in [1.807, 2.05) is 26.8 Å². The largest absolute Gasteiger partial charge is 0.384 e. The zero-order chi connectivity index (χ0) is 28.2. The van der Waals surface area contributed by atoms with Gasteiger partial charge in [-0.15, -0.1) is 25.7 Å². The Morgan fingerprint density at radius 2 is 1.68 bits per heavy atom. The van der Waals surface area contributed by atoms with Crippen LogP contribution in [-0.4, -0.2) is 52.6 Å². The van der Waals surface area contributed by atoms with Crippen molar-refractivity contribution < 1.29 is 34.3 Å². The van der Waals surface area contributed by atoms with E-state index in [1.54, 1.807) is 12.2 Å². The number of allylic oxidation sites excluding steroid dienone is 4. The van der Waals surface area contributed by atoms with Crippen molar-refractivity contribution >= 4 is 11.6 Å². The molecule has 0 amide bonds. The molecule has 3 unspecified atom stereocenters. The van der Waals surface area contributed by atoms with E-state index in [0.717, 1.165) is 18.4 Å². The molecule has 0 radical (unpaired) electrons. The Hall–Kier alpha value is -2.26. The second-order valence-electron chi connectivity index (χ2n) is 12.1. The maximum Gasteiger partial charge on any atom is 0.178 e. The van der Waals surface area contributed by atoms with Crippen LogP contribution in [0.4, 0.5) is 0 Å². The molecule has 5 aliphatic rings. The van der Waals surface area contributed by atoms with Crippen LogP contribution in [0.1, 0.15) is 60.8 Å². The Morgan fingerprint density at radius 3 is 2.16 bits per heavy atom. The van der Waals surface area contributed by atoms with Gasteiger partial charge in [0.15, 0.2) is 17.4 Å². The first kappa shape index (κ1) is 29.3. The van der Waals surface area contributed by atoms with Gasteiger partial charge >= 0.3 is 0 Å². The SMILES string of the molecule is C#C.C#C.CC1[C@]2(C)CCC3=CC(=O)C=C[C@]3(C)C2[C@@H](OO)C[C@]1(C)[C@]1([C@H]2COC(C)(C)O2)C(=O)C1O. The van der Waals surface area contributed by atoms with Crippen LogP contribution in [0.25, 0.3) is 0 Å². The summed E-state index contributed by atoms with van der Waals surface area (Å²) in [6.45, 7) is 12.4. The minimum Gasteiger partial charge on any atom is -0.384 e. The van der Waals surface area contributed by atoms with E-state index in [1.165, 1.54) is 0 Å². The summed E-state index contributed by atoms with van der Waals surface area (Å²) in [5.74, 6) is -1.15. The number of fused-ring (bicyclic) bond motifs is 3. The van der Waals surface area contributed by atoms with Crippen LogP contribution in [-0.2, 0) is 24.0 Å². The number of carbonyl (C=O) groups excluding carboxylic acids is 2. The van der Waals surface area contributed by atoms with E-state index in [0.29, 0.717) is 6.42 Å². The highest BCUT2D eigenvalue weighted by molar-refractivity contribution is 6.08. The minimum atomic E-state index is -1.13. The van der Waals surface area contributed by atoms with Crippen LogP contribution < -0.4 is 0 Å². The normalized spacial score (nSPS) is 47.2. The van der Waals surface area contributed by atoms with Crippen LogP contribution in [0.3, 0.4) is 0 Å². The maximum absolute atomic E-state index is 13.2. The topological polar surface area (TPSA) is 102 Å². The van der Waals surface area contributed by atoms with Gasteiger partial charge in [-0.3, -0.25) is 14.8 Å². The molecule has 37 heavy (non-hydrogen) atoms. The molecule has 4 fully saturated rings. The van der Waals surface area contributed by atoms with Gasteiger partial charge in [0.2, 0.25) is 0 Å². The fourth-order valence-corrected chi connectivity index (χ4v) is 8.50. The second-order valence-corrected chi connectivity index (χ2v) is 12.1. The maximum atomic E-state index is 13.2. The van der Waals surface area contributed by atoms with Gasteiger partial charge in [-0.25, -0.2) is 4.89 Å². The first-order chi connectivity index (χ1) is 17.3. The predicted octanol–water partition coefficient (Wildman–Crippen LogP) is 3.96. The number of terminal acetylenes is 2. The summed E-state index contributed by atoms with van der Waals surface area (Å²) >= 11 is 0. The molecule has 2 N–H and O–H groups in total. The van der Waals surface area contributed by atoms with E-state index in [-0.39, 0.29) is 35.4 Å². The summed E-state index contributed by atoms with van der Waals surface area (Å²) in [6, 6.07) is 0. The number of ether oxygens (including phenoxy) is 2. The van der Waals surface area contributed by atoms with E-state index in [4.69, 9.17) is 14.4 Å². The third-order valence-electron chi connectivity index (χ3n) is 10.4. The Labute approximate surface area is 220 Å². The third kappa shape index (κ3) is 3.79. The van der Waals surface area contributed by atoms with Crippen LogP contribution >= 0.6 is 0 Å². The van der Waals surface area contributed by atoms with E-state index >= 15 is 0 Å². The average Bonchev–Trinajstić information content (AvgIpc) is 3.23. The predicted molar refractivity (Wildman–Crippen MR) is 139 cm³/mol. The van der Waals surface area contributed by atoms with Gasteiger partial charge in [0.1, 0.15) is 12.2 Å². The highest BCUT2D eigenvalue weighted by Gasteiger charge is 2.82.